The maximum absolute atomic E-state index is 13.3. The molecule has 1 aliphatic heterocycles. The van der Waals surface area contributed by atoms with Crippen LogP contribution in [-0.2, 0) is 12.8 Å². The van der Waals surface area contributed by atoms with E-state index in [1.165, 1.54) is 5.56 Å². The minimum absolute atomic E-state index is 0.128. The Hall–Kier alpha value is -1.53. The first-order valence-electron chi connectivity index (χ1n) is 9.57. The normalized spacial score (nSPS) is 23.7. The minimum Gasteiger partial charge on any atom is -0.316 e. The molecule has 1 saturated carbocycles. The molecule has 2 aliphatic rings. The van der Waals surface area contributed by atoms with Gasteiger partial charge in [-0.1, -0.05) is 24.1 Å². The number of nitrogens with zero attached hydrogens (tertiary/aromatic N) is 2. The van der Waals surface area contributed by atoms with Crippen LogP contribution in [0.2, 0.25) is 5.02 Å². The Labute approximate surface area is 161 Å². The van der Waals surface area contributed by atoms with Crippen molar-refractivity contribution in [1.29, 1.82) is 0 Å². The Bertz CT molecular complexity index is 815. The van der Waals surface area contributed by atoms with Gasteiger partial charge >= 0.3 is 6.18 Å². The Morgan fingerprint density at radius 1 is 1.11 bits per heavy atom. The summed E-state index contributed by atoms with van der Waals surface area (Å²) >= 11 is 6.56. The number of aromatic nitrogens is 2. The molecule has 1 aromatic heterocycles. The summed E-state index contributed by atoms with van der Waals surface area (Å²) in [5.41, 5.74) is 4.07. The van der Waals surface area contributed by atoms with E-state index in [9.17, 15) is 13.2 Å². The Balaban J connectivity index is 1.73. The predicted octanol–water partition coefficient (Wildman–Crippen LogP) is 5.05. The number of hydrogen-bond donors (Lipinski definition) is 1. The van der Waals surface area contributed by atoms with E-state index in [1.54, 1.807) is 10.9 Å². The van der Waals surface area contributed by atoms with Crippen LogP contribution in [-0.4, -0.2) is 29.0 Å². The molecule has 3 nitrogen and oxygen atoms in total. The number of fused-ring (bicyclic) bond motifs is 1. The highest BCUT2D eigenvalue weighted by Crippen LogP contribution is 2.44. The van der Waals surface area contributed by atoms with E-state index in [0.717, 1.165) is 49.3 Å². The van der Waals surface area contributed by atoms with Crippen LogP contribution in [0, 0.1) is 5.92 Å². The fourth-order valence-corrected chi connectivity index (χ4v) is 4.78. The van der Waals surface area contributed by atoms with Crippen LogP contribution in [0.15, 0.2) is 24.4 Å². The van der Waals surface area contributed by atoms with Crippen molar-refractivity contribution in [2.75, 3.05) is 13.1 Å². The summed E-state index contributed by atoms with van der Waals surface area (Å²) < 4.78 is 41.6. The third-order valence-electron chi connectivity index (χ3n) is 5.89. The van der Waals surface area contributed by atoms with Crippen molar-refractivity contribution in [3.05, 3.63) is 46.2 Å². The summed E-state index contributed by atoms with van der Waals surface area (Å²) in [5.74, 6) is -1.38. The predicted molar refractivity (Wildman–Crippen MR) is 99.6 cm³/mol. The van der Waals surface area contributed by atoms with Gasteiger partial charge in [-0.3, -0.25) is 0 Å². The van der Waals surface area contributed by atoms with Crippen molar-refractivity contribution >= 4 is 11.6 Å². The number of halogens is 4. The summed E-state index contributed by atoms with van der Waals surface area (Å²) in [5, 5.41) is 8.47. The van der Waals surface area contributed by atoms with Crippen LogP contribution in [0.3, 0.4) is 0 Å². The molecule has 4 rings (SSSR count). The highest BCUT2D eigenvalue weighted by molar-refractivity contribution is 6.32. The second kappa shape index (κ2) is 7.47. The van der Waals surface area contributed by atoms with E-state index in [1.807, 2.05) is 12.1 Å². The van der Waals surface area contributed by atoms with Gasteiger partial charge in [0.2, 0.25) is 0 Å². The summed E-state index contributed by atoms with van der Waals surface area (Å²) in [6.07, 6.45) is 0.992. The number of benzene rings is 1. The molecular weight excluding hydrogens is 375 g/mol. The average Bonchev–Trinajstić information content (AvgIpc) is 2.99. The lowest BCUT2D eigenvalue weighted by molar-refractivity contribution is -0.183. The lowest BCUT2D eigenvalue weighted by Crippen LogP contribution is -2.28. The van der Waals surface area contributed by atoms with Crippen molar-refractivity contribution in [1.82, 2.24) is 15.1 Å². The molecule has 0 radical (unpaired) electrons. The zero-order valence-corrected chi connectivity index (χ0v) is 15.8. The topological polar surface area (TPSA) is 29.9 Å². The molecule has 1 aromatic carbocycles. The highest BCUT2D eigenvalue weighted by atomic mass is 35.5. The van der Waals surface area contributed by atoms with Crippen molar-refractivity contribution < 1.29 is 13.2 Å². The van der Waals surface area contributed by atoms with Gasteiger partial charge in [-0.2, -0.15) is 18.3 Å². The molecule has 2 atom stereocenters. The molecule has 2 heterocycles. The number of rotatable bonds is 2. The van der Waals surface area contributed by atoms with Crippen LogP contribution in [0.25, 0.3) is 5.69 Å². The van der Waals surface area contributed by atoms with Crippen molar-refractivity contribution in [3.63, 3.8) is 0 Å². The fraction of sp³-hybridized carbons (Fsp3) is 0.550. The van der Waals surface area contributed by atoms with Crippen LogP contribution in [0.1, 0.15) is 48.4 Å². The first-order chi connectivity index (χ1) is 12.9. The van der Waals surface area contributed by atoms with E-state index in [0.29, 0.717) is 11.4 Å². The van der Waals surface area contributed by atoms with Crippen LogP contribution in [0.4, 0.5) is 13.2 Å². The Morgan fingerprint density at radius 3 is 2.74 bits per heavy atom. The molecular formula is C20H23ClF3N3. The van der Waals surface area contributed by atoms with Gasteiger partial charge in [0.25, 0.3) is 0 Å². The van der Waals surface area contributed by atoms with E-state index in [-0.39, 0.29) is 18.8 Å². The van der Waals surface area contributed by atoms with Gasteiger partial charge in [-0.25, -0.2) is 4.68 Å². The van der Waals surface area contributed by atoms with Crippen LogP contribution < -0.4 is 5.32 Å². The second-order valence-corrected chi connectivity index (χ2v) is 7.96. The fourth-order valence-electron chi connectivity index (χ4n) is 4.52. The summed E-state index contributed by atoms with van der Waals surface area (Å²) in [6.45, 7) is 1.77. The highest BCUT2D eigenvalue weighted by Gasteiger charge is 2.43. The Kier molecular flexibility index (Phi) is 5.21. The van der Waals surface area contributed by atoms with E-state index >= 15 is 0 Å². The quantitative estimate of drug-likeness (QED) is 0.768. The molecule has 7 heteroatoms. The third-order valence-corrected chi connectivity index (χ3v) is 6.20. The average molecular weight is 398 g/mol. The Morgan fingerprint density at radius 2 is 1.93 bits per heavy atom. The van der Waals surface area contributed by atoms with Gasteiger partial charge < -0.3 is 5.32 Å². The maximum Gasteiger partial charge on any atom is 0.391 e. The smallest absolute Gasteiger partial charge is 0.316 e. The first-order valence-corrected chi connectivity index (χ1v) is 9.95. The number of alkyl halides is 3. The second-order valence-electron chi connectivity index (χ2n) is 7.55. The molecule has 0 bridgehead atoms. The van der Waals surface area contributed by atoms with Gasteiger partial charge in [0.15, 0.2) is 0 Å². The summed E-state index contributed by atoms with van der Waals surface area (Å²) in [6, 6.07) is 5.79. The molecule has 27 heavy (non-hydrogen) atoms. The third kappa shape index (κ3) is 3.74. The lowest BCUT2D eigenvalue weighted by Gasteiger charge is -2.31. The van der Waals surface area contributed by atoms with E-state index < -0.39 is 12.1 Å². The first kappa shape index (κ1) is 18.8. The molecule has 1 fully saturated rings. The number of nitrogens with one attached hydrogen (secondary N) is 1. The van der Waals surface area contributed by atoms with Crippen LogP contribution >= 0.6 is 11.6 Å². The maximum atomic E-state index is 13.3. The molecule has 1 aliphatic carbocycles. The lowest BCUT2D eigenvalue weighted by atomic mass is 9.79. The molecule has 146 valence electrons. The summed E-state index contributed by atoms with van der Waals surface area (Å²) in [7, 11) is 0. The van der Waals surface area contributed by atoms with Gasteiger partial charge in [0.05, 0.1) is 16.6 Å². The van der Waals surface area contributed by atoms with Gasteiger partial charge in [0.1, 0.15) is 0 Å². The minimum atomic E-state index is -4.13. The zero-order chi connectivity index (χ0) is 19.0. The van der Waals surface area contributed by atoms with E-state index in [4.69, 9.17) is 11.6 Å². The van der Waals surface area contributed by atoms with Gasteiger partial charge in [-0.15, -0.1) is 0 Å². The van der Waals surface area contributed by atoms with Gasteiger partial charge in [-0.05, 0) is 68.5 Å². The largest absolute Gasteiger partial charge is 0.391 e. The van der Waals surface area contributed by atoms with E-state index in [2.05, 4.69) is 16.5 Å². The molecule has 2 unspecified atom stereocenters. The molecule has 0 saturated heterocycles. The monoisotopic (exact) mass is 397 g/mol. The number of hydrogen-bond acceptors (Lipinski definition) is 2. The van der Waals surface area contributed by atoms with Crippen LogP contribution in [0.5, 0.6) is 0 Å². The zero-order valence-electron chi connectivity index (χ0n) is 15.0. The summed E-state index contributed by atoms with van der Waals surface area (Å²) in [4.78, 5) is 0. The SMILES string of the molecule is FC(F)(F)C1CCCC(c2ccnn2-c2c(Cl)ccc3c2CCNCC3)C1. The van der Waals surface area contributed by atoms with Crippen molar-refractivity contribution in [3.8, 4) is 5.69 Å². The van der Waals surface area contributed by atoms with Gasteiger partial charge in [0, 0.05) is 17.8 Å². The molecule has 1 N–H and O–H groups in total. The molecule has 0 spiro atoms. The van der Waals surface area contributed by atoms with Crippen molar-refractivity contribution in [2.45, 2.75) is 50.6 Å². The molecule has 2 aromatic rings. The standard InChI is InChI=1S/C20H23ClF3N3/c21-17-5-4-13-6-9-25-10-7-16(13)19(17)27-18(8-11-26-27)14-2-1-3-15(12-14)20(22,23)24/h4-5,8,11,14-15,25H,1-3,6-7,9-10,12H2. The van der Waals surface area contributed by atoms with Crippen molar-refractivity contribution in [2.24, 2.45) is 5.92 Å². The molecule has 0 amide bonds.